The van der Waals surface area contributed by atoms with E-state index in [-0.39, 0.29) is 6.09 Å². The Kier molecular flexibility index (Phi) is 11.2. The smallest absolute Gasteiger partial charge is 0.410 e. The van der Waals surface area contributed by atoms with Crippen molar-refractivity contribution in [2.45, 2.75) is 65.9 Å². The van der Waals surface area contributed by atoms with Crippen molar-refractivity contribution in [3.8, 4) is 11.2 Å². The third-order valence-electron chi connectivity index (χ3n) is 4.30. The first-order chi connectivity index (χ1) is 12.9. The van der Waals surface area contributed by atoms with Crippen LogP contribution in [0.5, 0.6) is 0 Å². The summed E-state index contributed by atoms with van der Waals surface area (Å²) in [7, 11) is 1.51. The number of piperidine rings is 1. The zero-order valence-electron chi connectivity index (χ0n) is 17.2. The monoisotopic (exact) mass is 501 g/mol. The number of carbonyl (C=O) groups is 1. The number of likely N-dealkylation sites (tertiary alicyclic amines) is 1. The molecular weight excluding hydrogens is 469 g/mol. The zero-order valence-corrected chi connectivity index (χ0v) is 20.2. The minimum absolute atomic E-state index is 0.174. The van der Waals surface area contributed by atoms with Crippen molar-refractivity contribution in [3.63, 3.8) is 0 Å². The van der Waals surface area contributed by atoms with E-state index in [0.29, 0.717) is 5.92 Å². The fraction of sp³-hybridized carbons (Fsp3) is 0.591. The maximum Gasteiger partial charge on any atom is 0.410 e. The van der Waals surface area contributed by atoms with E-state index in [1.807, 2.05) is 39.5 Å². The van der Waals surface area contributed by atoms with Gasteiger partial charge in [0.25, 0.3) is 0 Å². The molecular formula is C22H32INO2S. The van der Waals surface area contributed by atoms with Crippen molar-refractivity contribution in [1.82, 2.24) is 4.90 Å². The third-order valence-corrected chi connectivity index (χ3v) is 5.14. The summed E-state index contributed by atoms with van der Waals surface area (Å²) in [5.74, 6) is 3.80. The lowest BCUT2D eigenvalue weighted by molar-refractivity contribution is 0.0181. The lowest BCUT2D eigenvalue weighted by atomic mass is 9.90. The topological polar surface area (TPSA) is 29.5 Å². The Hall–Kier alpha value is -0.870. The highest BCUT2D eigenvalue weighted by Gasteiger charge is 2.26. The fourth-order valence-corrected chi connectivity index (χ4v) is 3.42. The lowest BCUT2D eigenvalue weighted by Gasteiger charge is -2.33. The van der Waals surface area contributed by atoms with Crippen LogP contribution in [0.25, 0.3) is 0 Å². The number of halogens is 1. The van der Waals surface area contributed by atoms with Crippen LogP contribution in [0.15, 0.2) is 24.3 Å². The Labute approximate surface area is 181 Å². The quantitative estimate of drug-likeness (QED) is 0.342. The van der Waals surface area contributed by atoms with Crippen LogP contribution in [0.2, 0.25) is 0 Å². The summed E-state index contributed by atoms with van der Waals surface area (Å²) < 4.78 is 5.45. The Morgan fingerprint density at radius 3 is 2.33 bits per heavy atom. The minimum Gasteiger partial charge on any atom is -0.444 e. The van der Waals surface area contributed by atoms with Crippen LogP contribution in [0.1, 0.15) is 65.0 Å². The van der Waals surface area contributed by atoms with Gasteiger partial charge in [-0.1, -0.05) is 31.9 Å². The molecule has 0 radical (unpaired) electrons. The molecule has 1 amide bonds. The van der Waals surface area contributed by atoms with E-state index in [4.69, 9.17) is 4.74 Å². The van der Waals surface area contributed by atoms with Crippen LogP contribution in [0, 0.1) is 17.1 Å². The summed E-state index contributed by atoms with van der Waals surface area (Å²) in [5, 5.41) is 3.01. The molecule has 3 nitrogen and oxygen atoms in total. The number of hydrogen-bond acceptors (Lipinski definition) is 3. The molecule has 0 N–H and O–H groups in total. The van der Waals surface area contributed by atoms with E-state index in [1.54, 1.807) is 0 Å². The van der Waals surface area contributed by atoms with Gasteiger partial charge in [-0.25, -0.2) is 4.79 Å². The number of amides is 1. The van der Waals surface area contributed by atoms with Gasteiger partial charge < -0.3 is 9.64 Å². The molecule has 0 bridgehead atoms. The van der Waals surface area contributed by atoms with E-state index in [1.165, 1.54) is 20.9 Å². The molecule has 0 aliphatic carbocycles. The Morgan fingerprint density at radius 1 is 1.22 bits per heavy atom. The number of hydrogen-bond donors (Lipinski definition) is 0. The van der Waals surface area contributed by atoms with Crippen molar-refractivity contribution in [1.29, 1.82) is 0 Å². The first-order valence-corrected chi connectivity index (χ1v) is 13.1. The van der Waals surface area contributed by atoms with Gasteiger partial charge in [0.15, 0.2) is 0 Å². The highest BCUT2D eigenvalue weighted by atomic mass is 127. The van der Waals surface area contributed by atoms with Crippen LogP contribution >= 0.6 is 30.1 Å². The predicted octanol–water partition coefficient (Wildman–Crippen LogP) is 6.68. The normalized spacial score (nSPS) is 14.5. The van der Waals surface area contributed by atoms with Crippen molar-refractivity contribution in [3.05, 3.63) is 35.4 Å². The van der Waals surface area contributed by atoms with Gasteiger partial charge in [-0.15, -0.1) is 0 Å². The Bertz CT molecular complexity index is 620. The third kappa shape index (κ3) is 9.75. The van der Waals surface area contributed by atoms with Gasteiger partial charge in [0, 0.05) is 39.9 Å². The first-order valence-electron chi connectivity index (χ1n) is 9.73. The molecule has 27 heavy (non-hydrogen) atoms. The summed E-state index contributed by atoms with van der Waals surface area (Å²) in [4.78, 5) is 13.9. The molecule has 150 valence electrons. The molecule has 1 aromatic carbocycles. The molecule has 5 heteroatoms. The summed E-state index contributed by atoms with van der Waals surface area (Å²) in [6.45, 7) is 11.4. The number of nitrogens with zero attached hydrogens (tertiary/aromatic N) is 1. The van der Waals surface area contributed by atoms with E-state index in [0.717, 1.165) is 37.9 Å². The maximum atomic E-state index is 12.1. The second-order valence-electron chi connectivity index (χ2n) is 7.45. The Balaban J connectivity index is 0.00000176. The second kappa shape index (κ2) is 12.6. The zero-order chi connectivity index (χ0) is 20.3. The van der Waals surface area contributed by atoms with Crippen molar-refractivity contribution >= 4 is 36.2 Å². The average Bonchev–Trinajstić information content (AvgIpc) is 2.66. The standard InChI is InChI=1S/C20H26INO2S.C2H6/c1-20(2,3)24-19(23)22-13-10-18(11-14-22)9-6-16-4-7-17(8-5-16)12-15-25-21;1-2/h4-5,7-8,18H,6,9-11,13-14H2,1-3H3;1-2H3. The van der Waals surface area contributed by atoms with Gasteiger partial charge >= 0.3 is 6.09 Å². The van der Waals surface area contributed by atoms with Crippen molar-refractivity contribution in [2.24, 2.45) is 5.92 Å². The lowest BCUT2D eigenvalue weighted by Crippen LogP contribution is -2.41. The molecule has 1 aromatic rings. The molecule has 1 saturated heterocycles. The highest BCUT2D eigenvalue weighted by molar-refractivity contribution is 14.2. The van der Waals surface area contributed by atoms with Gasteiger partial charge in [0.2, 0.25) is 0 Å². The van der Waals surface area contributed by atoms with Crippen molar-refractivity contribution < 1.29 is 9.53 Å². The summed E-state index contributed by atoms with van der Waals surface area (Å²) >= 11 is 2.18. The van der Waals surface area contributed by atoms with Gasteiger partial charge in [0.05, 0.1) is 0 Å². The van der Waals surface area contributed by atoms with E-state index in [2.05, 4.69) is 56.6 Å². The largest absolute Gasteiger partial charge is 0.444 e. The van der Waals surface area contributed by atoms with Gasteiger partial charge in [-0.3, -0.25) is 0 Å². The van der Waals surface area contributed by atoms with Crippen molar-refractivity contribution in [2.75, 3.05) is 13.1 Å². The summed E-state index contributed by atoms with van der Waals surface area (Å²) in [6, 6.07) is 8.55. The predicted molar refractivity (Wildman–Crippen MR) is 125 cm³/mol. The second-order valence-corrected chi connectivity index (χ2v) is 9.13. The molecule has 0 atom stereocenters. The number of aryl methyl sites for hydroxylation is 1. The van der Waals surface area contributed by atoms with E-state index >= 15 is 0 Å². The van der Waals surface area contributed by atoms with E-state index in [9.17, 15) is 4.79 Å². The SMILES string of the molecule is CC.CC(C)(C)OC(=O)N1CCC(CCc2ccc(C#CSI)cc2)CC1. The number of ether oxygens (including phenoxy) is 1. The summed E-state index contributed by atoms with van der Waals surface area (Å²) in [5.41, 5.74) is 2.01. The van der Waals surface area contributed by atoms with Crippen LogP contribution in [0.4, 0.5) is 4.79 Å². The maximum absolute atomic E-state index is 12.1. The van der Waals surface area contributed by atoms with Crippen LogP contribution < -0.4 is 0 Å². The molecule has 2 rings (SSSR count). The minimum atomic E-state index is -0.417. The van der Waals surface area contributed by atoms with Crippen LogP contribution in [0.3, 0.4) is 0 Å². The molecule has 0 saturated carbocycles. The molecule has 1 fully saturated rings. The highest BCUT2D eigenvalue weighted by Crippen LogP contribution is 2.24. The average molecular weight is 501 g/mol. The number of benzene rings is 1. The van der Waals surface area contributed by atoms with Crippen LogP contribution in [-0.2, 0) is 11.2 Å². The number of rotatable bonds is 3. The fourth-order valence-electron chi connectivity index (χ4n) is 2.93. The van der Waals surface area contributed by atoms with Gasteiger partial charge in [0.1, 0.15) is 5.60 Å². The van der Waals surface area contributed by atoms with E-state index < -0.39 is 5.60 Å². The molecule has 0 unspecified atom stereocenters. The molecule has 1 heterocycles. The number of carbonyl (C=O) groups excluding carboxylic acids is 1. The Morgan fingerprint density at radius 2 is 1.81 bits per heavy atom. The molecule has 0 aromatic heterocycles. The first kappa shape index (κ1) is 24.2. The molecule has 1 aliphatic heterocycles. The van der Waals surface area contributed by atoms with Gasteiger partial charge in [-0.05, 0) is 84.3 Å². The molecule has 0 spiro atoms. The summed E-state index contributed by atoms with van der Waals surface area (Å²) in [6.07, 6.45) is 4.22. The molecule has 1 aliphatic rings. The van der Waals surface area contributed by atoms with Gasteiger partial charge in [-0.2, -0.15) is 0 Å². The van der Waals surface area contributed by atoms with Crippen LogP contribution in [-0.4, -0.2) is 29.7 Å².